The van der Waals surface area contributed by atoms with Gasteiger partial charge < -0.3 is 0 Å². The van der Waals surface area contributed by atoms with Gasteiger partial charge in [-0.15, -0.1) is 0 Å². The predicted molar refractivity (Wildman–Crippen MR) is 84.3 cm³/mol. The van der Waals surface area contributed by atoms with Crippen LogP contribution in [-0.2, 0) is 0 Å². The lowest BCUT2D eigenvalue weighted by atomic mass is 10.1. The van der Waals surface area contributed by atoms with E-state index < -0.39 is 10.8 Å². The summed E-state index contributed by atoms with van der Waals surface area (Å²) < 4.78 is 0. The molecule has 0 aliphatic carbocycles. The van der Waals surface area contributed by atoms with Gasteiger partial charge in [-0.25, -0.2) is 5.43 Å². The molecule has 6 nitrogen and oxygen atoms in total. The Labute approximate surface area is 131 Å². The molecule has 0 bridgehead atoms. The highest BCUT2D eigenvalue weighted by Crippen LogP contribution is 2.19. The highest BCUT2D eigenvalue weighted by Gasteiger charge is 2.14. The average Bonchev–Trinajstić information content (AvgIpc) is 2.49. The van der Waals surface area contributed by atoms with Crippen LogP contribution in [0.2, 0.25) is 5.02 Å². The van der Waals surface area contributed by atoms with Gasteiger partial charge >= 0.3 is 0 Å². The molecule has 2 aromatic rings. The Morgan fingerprint density at radius 2 is 1.95 bits per heavy atom. The van der Waals surface area contributed by atoms with Gasteiger partial charge in [-0.1, -0.05) is 29.8 Å². The Balaban J connectivity index is 2.08. The number of nitrogens with zero attached hydrogens (tertiary/aromatic N) is 2. The lowest BCUT2D eigenvalue weighted by Gasteiger charge is -2.02. The number of carbonyl (C=O) groups excluding carboxylic acids is 1. The number of halogens is 1. The molecule has 112 valence electrons. The fourth-order valence-corrected chi connectivity index (χ4v) is 1.85. The molecule has 0 aliphatic rings. The number of rotatable bonds is 4. The first kappa shape index (κ1) is 15.7. The molecular weight excluding hydrogens is 306 g/mol. The summed E-state index contributed by atoms with van der Waals surface area (Å²) in [5, 5.41) is 15.3. The predicted octanol–water partition coefficient (Wildman–Crippen LogP) is 3.32. The second-order valence-electron chi connectivity index (χ2n) is 4.51. The van der Waals surface area contributed by atoms with E-state index in [1.165, 1.54) is 24.4 Å². The minimum absolute atomic E-state index is 0.102. The van der Waals surface area contributed by atoms with Crippen molar-refractivity contribution >= 4 is 29.4 Å². The zero-order chi connectivity index (χ0) is 16.1. The normalized spacial score (nSPS) is 10.6. The average molecular weight is 318 g/mol. The van der Waals surface area contributed by atoms with Gasteiger partial charge in [0.1, 0.15) is 0 Å². The number of hydrogen-bond donors (Lipinski definition) is 1. The van der Waals surface area contributed by atoms with Crippen LogP contribution in [0.5, 0.6) is 0 Å². The Morgan fingerprint density at radius 1 is 1.27 bits per heavy atom. The van der Waals surface area contributed by atoms with Crippen molar-refractivity contribution in [1.82, 2.24) is 5.43 Å². The zero-order valence-electron chi connectivity index (χ0n) is 11.6. The summed E-state index contributed by atoms with van der Waals surface area (Å²) in [5.41, 5.74) is 3.65. The Morgan fingerprint density at radius 3 is 2.59 bits per heavy atom. The maximum Gasteiger partial charge on any atom is 0.273 e. The lowest BCUT2D eigenvalue weighted by molar-refractivity contribution is -0.385. The van der Waals surface area contributed by atoms with E-state index in [9.17, 15) is 14.9 Å². The molecule has 0 heterocycles. The summed E-state index contributed by atoms with van der Waals surface area (Å²) in [5.74, 6) is -0.520. The molecule has 0 fully saturated rings. The first-order valence-electron chi connectivity index (χ1n) is 6.31. The van der Waals surface area contributed by atoms with Crippen LogP contribution in [0.25, 0.3) is 0 Å². The third kappa shape index (κ3) is 3.89. The first-order chi connectivity index (χ1) is 10.5. The van der Waals surface area contributed by atoms with Gasteiger partial charge in [0, 0.05) is 22.2 Å². The molecule has 0 spiro atoms. The first-order valence-corrected chi connectivity index (χ1v) is 6.69. The van der Waals surface area contributed by atoms with Gasteiger partial charge in [0.15, 0.2) is 0 Å². The highest BCUT2D eigenvalue weighted by molar-refractivity contribution is 6.30. The number of nitrogens with one attached hydrogen (secondary N) is 1. The van der Waals surface area contributed by atoms with Gasteiger partial charge in [0.25, 0.3) is 11.6 Å². The summed E-state index contributed by atoms with van der Waals surface area (Å²) in [6.07, 6.45) is 1.46. The maximum atomic E-state index is 11.9. The van der Waals surface area contributed by atoms with E-state index in [0.717, 1.165) is 5.56 Å². The van der Waals surface area contributed by atoms with Crippen LogP contribution in [-0.4, -0.2) is 17.0 Å². The van der Waals surface area contributed by atoms with E-state index >= 15 is 0 Å². The Kier molecular flexibility index (Phi) is 4.85. The van der Waals surface area contributed by atoms with E-state index in [1.54, 1.807) is 31.2 Å². The van der Waals surface area contributed by atoms with Gasteiger partial charge in [-0.3, -0.25) is 14.9 Å². The van der Waals surface area contributed by atoms with Crippen molar-refractivity contribution in [3.63, 3.8) is 0 Å². The van der Waals surface area contributed by atoms with Crippen molar-refractivity contribution in [2.75, 3.05) is 0 Å². The maximum absolute atomic E-state index is 11.9. The Bertz CT molecular complexity index is 742. The van der Waals surface area contributed by atoms with Crippen molar-refractivity contribution in [2.45, 2.75) is 6.92 Å². The molecular formula is C15H12ClN3O3. The molecule has 0 saturated carbocycles. The van der Waals surface area contributed by atoms with Crippen LogP contribution in [0.1, 0.15) is 21.5 Å². The topological polar surface area (TPSA) is 84.6 Å². The smallest absolute Gasteiger partial charge is 0.267 e. The van der Waals surface area contributed by atoms with Crippen molar-refractivity contribution in [2.24, 2.45) is 5.10 Å². The third-order valence-electron chi connectivity index (χ3n) is 2.92. The highest BCUT2D eigenvalue weighted by atomic mass is 35.5. The molecule has 0 aliphatic heterocycles. The molecule has 0 radical (unpaired) electrons. The molecule has 7 heteroatoms. The number of amides is 1. The molecule has 0 saturated heterocycles. The molecule has 0 unspecified atom stereocenters. The van der Waals surface area contributed by atoms with Crippen LogP contribution >= 0.6 is 11.6 Å². The van der Waals surface area contributed by atoms with Crippen LogP contribution in [0, 0.1) is 17.0 Å². The standard InChI is InChI=1S/C15H12ClN3O3/c1-10-2-5-12(8-14(10)19(21)22)15(20)18-17-9-11-3-6-13(16)7-4-11/h2-9H,1H3,(H,18,20)/b17-9+. The van der Waals surface area contributed by atoms with E-state index in [-0.39, 0.29) is 11.3 Å². The van der Waals surface area contributed by atoms with Crippen LogP contribution < -0.4 is 5.43 Å². The monoisotopic (exact) mass is 317 g/mol. The summed E-state index contributed by atoms with van der Waals surface area (Å²) in [6, 6.07) is 11.2. The number of carbonyl (C=O) groups is 1. The number of nitro groups is 1. The summed E-state index contributed by atoms with van der Waals surface area (Å²) in [4.78, 5) is 22.2. The number of hydrogen-bond acceptors (Lipinski definition) is 4. The molecule has 2 aromatic carbocycles. The minimum Gasteiger partial charge on any atom is -0.267 e. The zero-order valence-corrected chi connectivity index (χ0v) is 12.4. The minimum atomic E-state index is -0.525. The van der Waals surface area contributed by atoms with Crippen molar-refractivity contribution in [3.05, 3.63) is 74.3 Å². The second kappa shape index (κ2) is 6.82. The van der Waals surface area contributed by atoms with Crippen LogP contribution in [0.3, 0.4) is 0 Å². The molecule has 1 N–H and O–H groups in total. The van der Waals surface area contributed by atoms with E-state index in [4.69, 9.17) is 11.6 Å². The second-order valence-corrected chi connectivity index (χ2v) is 4.95. The largest absolute Gasteiger partial charge is 0.273 e. The fourth-order valence-electron chi connectivity index (χ4n) is 1.73. The SMILES string of the molecule is Cc1ccc(C(=O)N/N=C/c2ccc(Cl)cc2)cc1[N+](=O)[O-]. The van der Waals surface area contributed by atoms with Gasteiger partial charge in [-0.2, -0.15) is 5.10 Å². The molecule has 2 rings (SSSR count). The van der Waals surface area contributed by atoms with E-state index in [1.807, 2.05) is 0 Å². The van der Waals surface area contributed by atoms with Gasteiger partial charge in [0.05, 0.1) is 11.1 Å². The molecule has 0 atom stereocenters. The van der Waals surface area contributed by atoms with Crippen molar-refractivity contribution in [1.29, 1.82) is 0 Å². The number of benzene rings is 2. The molecule has 1 amide bonds. The van der Waals surface area contributed by atoms with Crippen molar-refractivity contribution < 1.29 is 9.72 Å². The van der Waals surface area contributed by atoms with E-state index in [2.05, 4.69) is 10.5 Å². The lowest BCUT2D eigenvalue weighted by Crippen LogP contribution is -2.17. The summed E-state index contributed by atoms with van der Waals surface area (Å²) in [6.45, 7) is 1.61. The molecule has 22 heavy (non-hydrogen) atoms. The fraction of sp³-hybridized carbons (Fsp3) is 0.0667. The number of hydrazone groups is 1. The number of aryl methyl sites for hydroxylation is 1. The summed E-state index contributed by atoms with van der Waals surface area (Å²) in [7, 11) is 0. The van der Waals surface area contributed by atoms with E-state index in [0.29, 0.717) is 10.6 Å². The number of nitro benzene ring substituents is 1. The van der Waals surface area contributed by atoms with Crippen LogP contribution in [0.4, 0.5) is 5.69 Å². The Hall–Kier alpha value is -2.73. The third-order valence-corrected chi connectivity index (χ3v) is 3.17. The quantitative estimate of drug-likeness (QED) is 0.533. The van der Waals surface area contributed by atoms with Crippen molar-refractivity contribution in [3.8, 4) is 0 Å². The van der Waals surface area contributed by atoms with Gasteiger partial charge in [0.2, 0.25) is 0 Å². The summed E-state index contributed by atoms with van der Waals surface area (Å²) >= 11 is 5.76. The molecule has 0 aromatic heterocycles. The van der Waals surface area contributed by atoms with Crippen LogP contribution in [0.15, 0.2) is 47.6 Å². The van der Waals surface area contributed by atoms with Gasteiger partial charge in [-0.05, 0) is 30.7 Å².